The average Bonchev–Trinajstić information content (AvgIpc) is 2.17. The highest BCUT2D eigenvalue weighted by molar-refractivity contribution is 6.66. The van der Waals surface area contributed by atoms with Gasteiger partial charge in [-0.15, -0.1) is 12.1 Å². The highest BCUT2D eigenvalue weighted by Crippen LogP contribution is 2.22. The van der Waals surface area contributed by atoms with Gasteiger partial charge in [0.15, 0.2) is 11.6 Å². The molecule has 1 rings (SSSR count). The summed E-state index contributed by atoms with van der Waals surface area (Å²) in [7, 11) is 0. The highest BCUT2D eigenvalue weighted by atomic mass is 19.4. The zero-order valence-electron chi connectivity index (χ0n) is 8.02. The Hall–Kier alpha value is -1.53. The minimum atomic E-state index is -5.23. The topological polar surface area (TPSA) is 9.23 Å². The Morgan fingerprint density at radius 3 is 2.44 bits per heavy atom. The largest absolute Gasteiger partial charge is 0.508 e. The third-order valence-corrected chi connectivity index (χ3v) is 1.77. The van der Waals surface area contributed by atoms with Crippen LogP contribution in [0.2, 0.25) is 0 Å². The molecule has 0 aliphatic carbocycles. The molecule has 0 N–H and O–H groups in total. The molecule has 1 nitrogen and oxygen atoms in total. The molecule has 0 radical (unpaired) electrons. The summed E-state index contributed by atoms with van der Waals surface area (Å²) in [5, 5.41) is 0. The first-order valence-electron chi connectivity index (χ1n) is 4.26. The van der Waals surface area contributed by atoms with E-state index in [1.807, 2.05) is 0 Å². The third-order valence-electron chi connectivity index (χ3n) is 1.77. The van der Waals surface area contributed by atoms with Gasteiger partial charge in [0.2, 0.25) is 0 Å². The van der Waals surface area contributed by atoms with Crippen LogP contribution in [0.25, 0.3) is 0 Å². The van der Waals surface area contributed by atoms with Gasteiger partial charge in [-0.3, -0.25) is 0 Å². The Labute approximate surface area is 88.6 Å². The molecule has 0 fully saturated rings. The van der Waals surface area contributed by atoms with Crippen molar-refractivity contribution in [1.82, 2.24) is 0 Å². The first-order valence-corrected chi connectivity index (χ1v) is 4.26. The Morgan fingerprint density at radius 1 is 1.25 bits per heavy atom. The van der Waals surface area contributed by atoms with Gasteiger partial charge < -0.3 is 17.7 Å². The Balaban J connectivity index is 2.68. The van der Waals surface area contributed by atoms with E-state index in [9.17, 15) is 21.7 Å². The molecule has 0 bridgehead atoms. The summed E-state index contributed by atoms with van der Waals surface area (Å²) in [6, 6.07) is 2.28. The Bertz CT molecular complexity index is 401. The van der Waals surface area contributed by atoms with Gasteiger partial charge >= 0.3 is 6.98 Å². The highest BCUT2D eigenvalue weighted by Gasteiger charge is 2.27. The molecule has 0 atom stereocenters. The zero-order chi connectivity index (χ0) is 12.3. The Morgan fingerprint density at radius 2 is 1.88 bits per heavy atom. The van der Waals surface area contributed by atoms with Crippen molar-refractivity contribution in [2.75, 3.05) is 6.61 Å². The van der Waals surface area contributed by atoms with E-state index in [4.69, 9.17) is 0 Å². The molecule has 0 amide bonds. The van der Waals surface area contributed by atoms with Crippen molar-refractivity contribution in [1.29, 1.82) is 0 Å². The van der Waals surface area contributed by atoms with E-state index in [1.165, 1.54) is 0 Å². The van der Waals surface area contributed by atoms with E-state index in [1.54, 1.807) is 0 Å². The molecular formula is C9H7BF5O-. The fourth-order valence-corrected chi connectivity index (χ4v) is 0.853. The van der Waals surface area contributed by atoms with Crippen LogP contribution in [-0.4, -0.2) is 13.6 Å². The molecule has 0 aliphatic heterocycles. The molecule has 0 heterocycles. The van der Waals surface area contributed by atoms with Crippen molar-refractivity contribution >= 4 is 6.98 Å². The lowest BCUT2D eigenvalue weighted by atomic mass is 9.81. The van der Waals surface area contributed by atoms with Gasteiger partial charge in [0, 0.05) is 6.07 Å². The summed E-state index contributed by atoms with van der Waals surface area (Å²) >= 11 is 0. The Kier molecular flexibility index (Phi) is 3.56. The van der Waals surface area contributed by atoms with Gasteiger partial charge in [-0.25, -0.2) is 8.78 Å². The molecule has 0 aliphatic rings. The quantitative estimate of drug-likeness (QED) is 0.576. The van der Waals surface area contributed by atoms with Crippen molar-refractivity contribution in [3.63, 3.8) is 0 Å². The van der Waals surface area contributed by atoms with Gasteiger partial charge in [0.25, 0.3) is 0 Å². The SMILES string of the molecule is C=C(COc1cc(F)ccc1F)[B-](F)(F)F. The van der Waals surface area contributed by atoms with Crippen molar-refractivity contribution < 1.29 is 26.5 Å². The van der Waals surface area contributed by atoms with Crippen LogP contribution in [0, 0.1) is 11.6 Å². The summed E-state index contributed by atoms with van der Waals surface area (Å²) in [4.78, 5) is 0. The van der Waals surface area contributed by atoms with Crippen LogP contribution < -0.4 is 4.74 Å². The second-order valence-corrected chi connectivity index (χ2v) is 3.10. The second kappa shape index (κ2) is 4.55. The lowest BCUT2D eigenvalue weighted by molar-refractivity contribution is 0.326. The van der Waals surface area contributed by atoms with E-state index in [0.29, 0.717) is 6.07 Å². The minimum Gasteiger partial charge on any atom is -0.489 e. The van der Waals surface area contributed by atoms with Gasteiger partial charge in [-0.2, -0.15) is 0 Å². The predicted molar refractivity (Wildman–Crippen MR) is 50.1 cm³/mol. The summed E-state index contributed by atoms with van der Waals surface area (Å²) in [5.74, 6) is -2.29. The number of ether oxygens (including phenoxy) is 1. The summed E-state index contributed by atoms with van der Waals surface area (Å²) < 4.78 is 66.2. The smallest absolute Gasteiger partial charge is 0.489 e. The first kappa shape index (κ1) is 12.5. The maximum absolute atomic E-state index is 12.9. The molecule has 0 saturated carbocycles. The maximum atomic E-state index is 12.9. The predicted octanol–water partition coefficient (Wildman–Crippen LogP) is 3.29. The number of benzene rings is 1. The van der Waals surface area contributed by atoms with Crippen LogP contribution >= 0.6 is 0 Å². The molecule has 1 aromatic carbocycles. The summed E-state index contributed by atoms with van der Waals surface area (Å²) in [5.41, 5.74) is -1.11. The number of halogens is 5. The number of hydrogen-bond acceptors (Lipinski definition) is 1. The minimum absolute atomic E-state index is 0.568. The zero-order valence-corrected chi connectivity index (χ0v) is 8.02. The summed E-state index contributed by atoms with van der Waals surface area (Å²) in [6.07, 6.45) is 0. The van der Waals surface area contributed by atoms with Gasteiger partial charge in [-0.1, -0.05) is 0 Å². The third kappa shape index (κ3) is 3.25. The monoisotopic (exact) mass is 237 g/mol. The molecule has 0 aromatic heterocycles. The van der Waals surface area contributed by atoms with E-state index in [0.717, 1.165) is 12.1 Å². The van der Waals surface area contributed by atoms with E-state index in [-0.39, 0.29) is 0 Å². The van der Waals surface area contributed by atoms with Crippen molar-refractivity contribution in [2.24, 2.45) is 0 Å². The molecule has 7 heteroatoms. The standard InChI is InChI=1S/C9H7BF5O/c1-6(10(13,14)15)5-16-9-4-7(11)2-3-8(9)12/h2-4H,1,5H2/q-1. The lowest BCUT2D eigenvalue weighted by Gasteiger charge is -2.18. The molecule has 1 aromatic rings. The van der Waals surface area contributed by atoms with Crippen molar-refractivity contribution in [2.45, 2.75) is 0 Å². The van der Waals surface area contributed by atoms with Crippen LogP contribution in [0.1, 0.15) is 0 Å². The molecule has 88 valence electrons. The van der Waals surface area contributed by atoms with E-state index < -0.39 is 36.4 Å². The number of hydrogen-bond donors (Lipinski definition) is 0. The summed E-state index contributed by atoms with van der Waals surface area (Å²) in [6.45, 7) is -3.38. The van der Waals surface area contributed by atoms with Crippen LogP contribution in [-0.2, 0) is 0 Å². The van der Waals surface area contributed by atoms with E-state index >= 15 is 0 Å². The average molecular weight is 237 g/mol. The van der Waals surface area contributed by atoms with Crippen molar-refractivity contribution in [3.05, 3.63) is 41.9 Å². The lowest BCUT2D eigenvalue weighted by Crippen LogP contribution is -2.23. The first-order chi connectivity index (χ1) is 7.30. The normalized spacial score (nSPS) is 11.3. The van der Waals surface area contributed by atoms with Gasteiger partial charge in [-0.05, 0) is 12.1 Å². The molecule has 0 spiro atoms. The van der Waals surface area contributed by atoms with Crippen molar-refractivity contribution in [3.8, 4) is 5.75 Å². The van der Waals surface area contributed by atoms with Crippen LogP contribution in [0.4, 0.5) is 21.7 Å². The van der Waals surface area contributed by atoms with Crippen LogP contribution in [0.15, 0.2) is 30.3 Å². The molecular weight excluding hydrogens is 230 g/mol. The second-order valence-electron chi connectivity index (χ2n) is 3.10. The number of rotatable bonds is 4. The fraction of sp³-hybridized carbons (Fsp3) is 0.111. The van der Waals surface area contributed by atoms with E-state index in [2.05, 4.69) is 11.3 Å². The molecule has 0 saturated heterocycles. The van der Waals surface area contributed by atoms with Gasteiger partial charge in [0.05, 0.1) is 6.61 Å². The van der Waals surface area contributed by atoms with Crippen LogP contribution in [0.3, 0.4) is 0 Å². The van der Waals surface area contributed by atoms with Gasteiger partial charge in [0.1, 0.15) is 5.82 Å². The maximum Gasteiger partial charge on any atom is 0.508 e. The molecule has 0 unspecified atom stereocenters. The van der Waals surface area contributed by atoms with Crippen LogP contribution in [0.5, 0.6) is 5.75 Å². The molecule has 16 heavy (non-hydrogen) atoms. The fourth-order valence-electron chi connectivity index (χ4n) is 0.853.